The number of rotatable bonds is 5. The molecule has 8 nitrogen and oxygen atoms in total. The number of benzene rings is 1. The van der Waals surface area contributed by atoms with Crippen LogP contribution in [0.4, 0.5) is 10.8 Å². The van der Waals surface area contributed by atoms with Gasteiger partial charge in [0.2, 0.25) is 11.8 Å². The first-order valence-corrected chi connectivity index (χ1v) is 11.0. The molecule has 160 valence electrons. The molecule has 0 saturated carbocycles. The number of amides is 3. The third-order valence-electron chi connectivity index (χ3n) is 5.06. The molecule has 10 heteroatoms. The van der Waals surface area contributed by atoms with Gasteiger partial charge in [0.15, 0.2) is 5.13 Å². The second-order valence-corrected chi connectivity index (χ2v) is 8.43. The largest absolute Gasteiger partial charge is 0.368 e. The Labute approximate surface area is 188 Å². The minimum atomic E-state index is -0.949. The second kappa shape index (κ2) is 9.40. The van der Waals surface area contributed by atoms with Crippen molar-refractivity contribution in [3.05, 3.63) is 52.5 Å². The number of halogens is 1. The summed E-state index contributed by atoms with van der Waals surface area (Å²) in [5, 5.41) is 5.42. The first-order chi connectivity index (χ1) is 15.0. The van der Waals surface area contributed by atoms with Gasteiger partial charge in [-0.05, 0) is 24.3 Å². The van der Waals surface area contributed by atoms with Gasteiger partial charge in [0, 0.05) is 48.5 Å². The molecule has 0 aliphatic carbocycles. The Morgan fingerprint density at radius 2 is 2.03 bits per heavy atom. The molecule has 2 aliphatic rings. The van der Waals surface area contributed by atoms with Crippen molar-refractivity contribution >= 4 is 57.7 Å². The van der Waals surface area contributed by atoms with E-state index in [4.69, 9.17) is 11.6 Å². The van der Waals surface area contributed by atoms with Gasteiger partial charge in [0.1, 0.15) is 5.92 Å². The van der Waals surface area contributed by atoms with Crippen LogP contribution in [0.3, 0.4) is 0 Å². The number of carbonyl (C=O) groups excluding carboxylic acids is 3. The quantitative estimate of drug-likeness (QED) is 0.696. The van der Waals surface area contributed by atoms with Crippen molar-refractivity contribution in [2.75, 3.05) is 36.4 Å². The molecule has 2 aliphatic heterocycles. The summed E-state index contributed by atoms with van der Waals surface area (Å²) in [5.74, 6) is -1.95. The van der Waals surface area contributed by atoms with E-state index in [2.05, 4.69) is 20.2 Å². The molecular formula is C21H20ClN5O3S. The third-order valence-corrected chi connectivity index (χ3v) is 6.10. The average molecular weight is 458 g/mol. The summed E-state index contributed by atoms with van der Waals surface area (Å²) in [6.07, 6.45) is 4.57. The first-order valence-electron chi connectivity index (χ1n) is 9.78. The summed E-state index contributed by atoms with van der Waals surface area (Å²) in [4.78, 5) is 48.6. The van der Waals surface area contributed by atoms with Gasteiger partial charge in [0.05, 0.1) is 12.1 Å². The number of hydrogen-bond donors (Lipinski definition) is 1. The number of nitrogens with one attached hydrogen (secondary N) is 1. The molecule has 2 aromatic rings. The van der Waals surface area contributed by atoms with Crippen LogP contribution in [0.5, 0.6) is 0 Å². The van der Waals surface area contributed by atoms with Gasteiger partial charge in [-0.2, -0.15) is 0 Å². The van der Waals surface area contributed by atoms with E-state index in [9.17, 15) is 14.4 Å². The number of aromatic nitrogens is 1. The highest BCUT2D eigenvalue weighted by atomic mass is 35.5. The van der Waals surface area contributed by atoms with Gasteiger partial charge in [-0.25, -0.2) is 9.98 Å². The van der Waals surface area contributed by atoms with Crippen molar-refractivity contribution in [2.24, 2.45) is 10.9 Å². The monoisotopic (exact) mass is 457 g/mol. The Morgan fingerprint density at radius 3 is 2.77 bits per heavy atom. The lowest BCUT2D eigenvalue weighted by molar-refractivity contribution is -0.131. The third kappa shape index (κ3) is 5.18. The number of dihydropyridines is 1. The van der Waals surface area contributed by atoms with Gasteiger partial charge >= 0.3 is 0 Å². The fourth-order valence-electron chi connectivity index (χ4n) is 3.42. The Balaban J connectivity index is 1.28. The molecule has 1 atom stereocenters. The molecule has 0 radical (unpaired) electrons. The summed E-state index contributed by atoms with van der Waals surface area (Å²) in [6.45, 7) is 2.71. The van der Waals surface area contributed by atoms with Gasteiger partial charge in [0.25, 0.3) is 5.91 Å². The SMILES string of the molecule is O=C1N=CC=CC1C(=O)Nc1nc(CC(=O)N2CCN(c3cccc(Cl)c3)CC2)cs1. The lowest BCUT2D eigenvalue weighted by atomic mass is 10.1. The number of allylic oxidation sites excluding steroid dienone is 1. The zero-order valence-corrected chi connectivity index (χ0v) is 18.1. The van der Waals surface area contributed by atoms with Crippen molar-refractivity contribution in [1.82, 2.24) is 9.88 Å². The summed E-state index contributed by atoms with van der Waals surface area (Å²) < 4.78 is 0. The Bertz CT molecular complexity index is 1060. The molecule has 1 aromatic carbocycles. The maximum Gasteiger partial charge on any atom is 0.262 e. The number of anilines is 2. The maximum absolute atomic E-state index is 12.7. The predicted molar refractivity (Wildman–Crippen MR) is 121 cm³/mol. The number of thiazole rings is 1. The standard InChI is InChI=1S/C21H20ClN5O3S/c22-14-3-1-4-16(11-14)26-7-9-27(10-8-26)18(28)12-15-13-31-21(24-15)25-20(30)17-5-2-6-23-19(17)29/h1-6,11,13,17H,7-10,12H2,(H,24,25,30). The van der Waals surface area contributed by atoms with E-state index in [1.807, 2.05) is 29.2 Å². The smallest absolute Gasteiger partial charge is 0.262 e. The van der Waals surface area contributed by atoms with Crippen LogP contribution in [-0.4, -0.2) is 60.0 Å². The fraction of sp³-hybridized carbons (Fsp3) is 0.286. The molecule has 0 spiro atoms. The van der Waals surface area contributed by atoms with Crippen molar-refractivity contribution in [1.29, 1.82) is 0 Å². The van der Waals surface area contributed by atoms with Crippen LogP contribution in [0, 0.1) is 5.92 Å². The number of aliphatic imine (C=N–C) groups is 1. The fourth-order valence-corrected chi connectivity index (χ4v) is 4.32. The van der Waals surface area contributed by atoms with Gasteiger partial charge in [-0.15, -0.1) is 11.3 Å². The van der Waals surface area contributed by atoms with E-state index in [-0.39, 0.29) is 12.3 Å². The molecule has 3 amide bonds. The zero-order chi connectivity index (χ0) is 21.8. The van der Waals surface area contributed by atoms with Gasteiger partial charge in [-0.1, -0.05) is 23.7 Å². The molecule has 4 rings (SSSR count). The molecule has 3 heterocycles. The van der Waals surface area contributed by atoms with Crippen molar-refractivity contribution in [3.63, 3.8) is 0 Å². The molecule has 1 N–H and O–H groups in total. The van der Waals surface area contributed by atoms with Gasteiger partial charge < -0.3 is 15.1 Å². The van der Waals surface area contributed by atoms with Crippen LogP contribution >= 0.6 is 22.9 Å². The number of carbonyl (C=O) groups is 3. The highest BCUT2D eigenvalue weighted by Crippen LogP contribution is 2.22. The Kier molecular flexibility index (Phi) is 6.43. The summed E-state index contributed by atoms with van der Waals surface area (Å²) in [5.41, 5.74) is 1.64. The van der Waals surface area contributed by atoms with Crippen molar-refractivity contribution in [2.45, 2.75) is 6.42 Å². The Morgan fingerprint density at radius 1 is 1.23 bits per heavy atom. The molecule has 1 saturated heterocycles. The van der Waals surface area contributed by atoms with E-state index in [0.29, 0.717) is 28.9 Å². The number of nitrogens with zero attached hydrogens (tertiary/aromatic N) is 4. The van der Waals surface area contributed by atoms with Crippen molar-refractivity contribution in [3.8, 4) is 0 Å². The topological polar surface area (TPSA) is 95.0 Å². The average Bonchev–Trinajstić information content (AvgIpc) is 3.20. The molecule has 1 fully saturated rings. The molecule has 1 aromatic heterocycles. The van der Waals surface area contributed by atoms with E-state index >= 15 is 0 Å². The molecular weight excluding hydrogens is 438 g/mol. The van der Waals surface area contributed by atoms with E-state index < -0.39 is 17.7 Å². The minimum Gasteiger partial charge on any atom is -0.368 e. The highest BCUT2D eigenvalue weighted by molar-refractivity contribution is 7.14. The van der Waals surface area contributed by atoms with Crippen LogP contribution < -0.4 is 10.2 Å². The predicted octanol–water partition coefficient (Wildman–Crippen LogP) is 2.41. The summed E-state index contributed by atoms with van der Waals surface area (Å²) >= 11 is 7.29. The second-order valence-electron chi connectivity index (χ2n) is 7.14. The van der Waals surface area contributed by atoms with Crippen molar-refractivity contribution < 1.29 is 14.4 Å². The van der Waals surface area contributed by atoms with Crippen LogP contribution in [0.15, 0.2) is 46.8 Å². The van der Waals surface area contributed by atoms with Gasteiger partial charge in [-0.3, -0.25) is 14.4 Å². The lowest BCUT2D eigenvalue weighted by Crippen LogP contribution is -2.49. The molecule has 0 bridgehead atoms. The van der Waals surface area contributed by atoms with E-state index in [0.717, 1.165) is 18.8 Å². The number of piperazine rings is 1. The van der Waals surface area contributed by atoms with E-state index in [1.54, 1.807) is 11.5 Å². The first kappa shape index (κ1) is 21.2. The molecule has 1 unspecified atom stereocenters. The molecule has 31 heavy (non-hydrogen) atoms. The summed E-state index contributed by atoms with van der Waals surface area (Å²) in [6, 6.07) is 7.69. The van der Waals surface area contributed by atoms with Crippen LogP contribution in [0.1, 0.15) is 5.69 Å². The lowest BCUT2D eigenvalue weighted by Gasteiger charge is -2.36. The zero-order valence-electron chi connectivity index (χ0n) is 16.5. The van der Waals surface area contributed by atoms with Crippen LogP contribution in [0.25, 0.3) is 0 Å². The van der Waals surface area contributed by atoms with Crippen LogP contribution in [-0.2, 0) is 20.8 Å². The Hall–Kier alpha value is -3.04. The van der Waals surface area contributed by atoms with E-state index in [1.165, 1.54) is 23.6 Å². The van der Waals surface area contributed by atoms with Crippen LogP contribution in [0.2, 0.25) is 5.02 Å². The highest BCUT2D eigenvalue weighted by Gasteiger charge is 2.26. The number of hydrogen-bond acceptors (Lipinski definition) is 6. The minimum absolute atomic E-state index is 0.00588. The maximum atomic E-state index is 12.7. The summed E-state index contributed by atoms with van der Waals surface area (Å²) in [7, 11) is 0. The normalized spacial score (nSPS) is 18.4.